The molecule has 4 rings (SSSR count). The minimum atomic E-state index is -3.99. The largest absolute Gasteiger partial charge is 0.493 e. The Hall–Kier alpha value is -3.56. The molecule has 2 aromatic heterocycles. The molecule has 176 valence electrons. The molecule has 0 saturated carbocycles. The van der Waals surface area contributed by atoms with Crippen LogP contribution in [-0.4, -0.2) is 32.6 Å². The maximum Gasteiger partial charge on any atom is 0.263 e. The second kappa shape index (κ2) is 9.74. The summed E-state index contributed by atoms with van der Waals surface area (Å²) in [7, 11) is -0.889. The summed E-state index contributed by atoms with van der Waals surface area (Å²) in [6.45, 7) is 1.77. The third kappa shape index (κ3) is 4.85. The highest BCUT2D eigenvalue weighted by atomic mass is 35.5. The predicted octanol–water partition coefficient (Wildman–Crippen LogP) is 4.99. The number of halogens is 1. The van der Waals surface area contributed by atoms with E-state index in [-0.39, 0.29) is 23.1 Å². The van der Waals surface area contributed by atoms with Crippen LogP contribution in [0.1, 0.15) is 11.1 Å². The summed E-state index contributed by atoms with van der Waals surface area (Å²) in [6, 6.07) is 15.2. The summed E-state index contributed by atoms with van der Waals surface area (Å²) in [5, 5.41) is 0.350. The van der Waals surface area contributed by atoms with Gasteiger partial charge in [-0.15, -0.1) is 0 Å². The summed E-state index contributed by atoms with van der Waals surface area (Å²) in [5.41, 5.74) is 2.30. The second-order valence-electron chi connectivity index (χ2n) is 7.32. The number of hydrogen-bond acceptors (Lipinski definition) is 7. The molecule has 0 aliphatic heterocycles. The van der Waals surface area contributed by atoms with Gasteiger partial charge in [-0.3, -0.25) is 9.71 Å². The first-order valence-corrected chi connectivity index (χ1v) is 12.1. The first-order chi connectivity index (χ1) is 16.3. The third-order valence-electron chi connectivity index (χ3n) is 5.13. The number of nitrogens with zero attached hydrogens (tertiary/aromatic N) is 2. The Morgan fingerprint density at radius 2 is 1.74 bits per heavy atom. The number of hydrogen-bond donors (Lipinski definition) is 1. The van der Waals surface area contributed by atoms with E-state index in [0.717, 1.165) is 5.56 Å². The molecule has 0 aliphatic rings. The molecule has 0 saturated heterocycles. The molecule has 34 heavy (non-hydrogen) atoms. The molecule has 8 nitrogen and oxygen atoms in total. The molecule has 4 aromatic rings. The summed E-state index contributed by atoms with van der Waals surface area (Å²) >= 11 is 6.14. The Balaban J connectivity index is 1.70. The van der Waals surface area contributed by atoms with Crippen LogP contribution in [0.2, 0.25) is 5.02 Å². The van der Waals surface area contributed by atoms with Crippen LogP contribution in [0.25, 0.3) is 11.0 Å². The van der Waals surface area contributed by atoms with Gasteiger partial charge in [0.05, 0.1) is 30.1 Å². The van der Waals surface area contributed by atoms with Gasteiger partial charge in [0.1, 0.15) is 6.61 Å². The van der Waals surface area contributed by atoms with Gasteiger partial charge < -0.3 is 14.2 Å². The second-order valence-corrected chi connectivity index (χ2v) is 9.38. The van der Waals surface area contributed by atoms with Crippen molar-refractivity contribution in [3.8, 4) is 17.2 Å². The minimum Gasteiger partial charge on any atom is -0.493 e. The molecule has 2 aromatic carbocycles. The van der Waals surface area contributed by atoms with E-state index in [4.69, 9.17) is 25.8 Å². The predicted molar refractivity (Wildman–Crippen MR) is 130 cm³/mol. The van der Waals surface area contributed by atoms with Gasteiger partial charge >= 0.3 is 0 Å². The van der Waals surface area contributed by atoms with Gasteiger partial charge in [0.2, 0.25) is 0 Å². The first-order valence-electron chi connectivity index (χ1n) is 10.2. The van der Waals surface area contributed by atoms with Crippen LogP contribution in [0.3, 0.4) is 0 Å². The number of pyridine rings is 2. The molecule has 0 atom stereocenters. The van der Waals surface area contributed by atoms with E-state index in [9.17, 15) is 8.42 Å². The Labute approximate surface area is 202 Å². The van der Waals surface area contributed by atoms with Gasteiger partial charge in [0, 0.05) is 17.3 Å². The summed E-state index contributed by atoms with van der Waals surface area (Å²) in [5.74, 6) is 1.41. The lowest BCUT2D eigenvalue weighted by Gasteiger charge is -2.16. The van der Waals surface area contributed by atoms with E-state index < -0.39 is 10.0 Å². The van der Waals surface area contributed by atoms with Crippen molar-refractivity contribution in [2.45, 2.75) is 18.4 Å². The number of benzene rings is 2. The number of fused-ring (bicyclic) bond motifs is 1. The van der Waals surface area contributed by atoms with Crippen molar-refractivity contribution in [3.05, 3.63) is 76.9 Å². The lowest BCUT2D eigenvalue weighted by atomic mass is 10.2. The molecule has 0 radical (unpaired) electrons. The molecule has 0 bridgehead atoms. The van der Waals surface area contributed by atoms with Crippen molar-refractivity contribution in [2.75, 3.05) is 18.9 Å². The van der Waals surface area contributed by atoms with Crippen LogP contribution < -0.4 is 18.9 Å². The summed E-state index contributed by atoms with van der Waals surface area (Å²) in [4.78, 5) is 8.81. The zero-order chi connectivity index (χ0) is 24.3. The molecular weight excluding hydrogens is 478 g/mol. The Morgan fingerprint density at radius 1 is 0.941 bits per heavy atom. The number of nitrogens with one attached hydrogen (secondary N) is 1. The highest BCUT2D eigenvalue weighted by Gasteiger charge is 2.22. The molecular formula is C24H22ClN3O5S. The molecule has 1 N–H and O–H groups in total. The fraction of sp³-hybridized carbons (Fsp3) is 0.167. The van der Waals surface area contributed by atoms with Gasteiger partial charge in [-0.1, -0.05) is 23.7 Å². The maximum absolute atomic E-state index is 13.2. The van der Waals surface area contributed by atoms with Crippen LogP contribution in [0.4, 0.5) is 5.82 Å². The molecule has 0 unspecified atom stereocenters. The Kier molecular flexibility index (Phi) is 6.76. The first kappa shape index (κ1) is 23.6. The molecule has 0 fully saturated rings. The fourth-order valence-electron chi connectivity index (χ4n) is 3.36. The van der Waals surface area contributed by atoms with E-state index in [1.165, 1.54) is 6.07 Å². The van der Waals surface area contributed by atoms with Crippen molar-refractivity contribution in [1.82, 2.24) is 9.97 Å². The average molecular weight is 500 g/mol. The van der Waals surface area contributed by atoms with Gasteiger partial charge in [0.25, 0.3) is 10.0 Å². The summed E-state index contributed by atoms with van der Waals surface area (Å²) in [6.07, 6.45) is 1.63. The van der Waals surface area contributed by atoms with E-state index >= 15 is 0 Å². The topological polar surface area (TPSA) is 99.6 Å². The lowest BCUT2D eigenvalue weighted by molar-refractivity contribution is 0.305. The van der Waals surface area contributed by atoms with Gasteiger partial charge in [-0.2, -0.15) is 0 Å². The minimum absolute atomic E-state index is 0.0420. The van der Waals surface area contributed by atoms with Gasteiger partial charge in [0.15, 0.2) is 23.1 Å². The van der Waals surface area contributed by atoms with Crippen LogP contribution in [0, 0.1) is 6.92 Å². The van der Waals surface area contributed by atoms with Crippen LogP contribution in [0.5, 0.6) is 17.2 Å². The quantitative estimate of drug-likeness (QED) is 0.364. The molecule has 0 aliphatic carbocycles. The fourth-order valence-corrected chi connectivity index (χ4v) is 4.87. The number of aromatic nitrogens is 2. The molecule has 10 heteroatoms. The maximum atomic E-state index is 13.2. The van der Waals surface area contributed by atoms with E-state index in [2.05, 4.69) is 14.7 Å². The normalized spacial score (nSPS) is 11.3. The zero-order valence-electron chi connectivity index (χ0n) is 18.7. The molecule has 0 amide bonds. The lowest BCUT2D eigenvalue weighted by Crippen LogP contribution is -2.16. The van der Waals surface area contributed by atoms with Crippen molar-refractivity contribution < 1.29 is 22.6 Å². The monoisotopic (exact) mass is 499 g/mol. The van der Waals surface area contributed by atoms with Crippen molar-refractivity contribution in [1.29, 1.82) is 0 Å². The van der Waals surface area contributed by atoms with Crippen molar-refractivity contribution >= 4 is 38.5 Å². The standard InChI is InChI=1S/C24H22ClN3O5S/c1-15-17(25)6-4-8-23(15)34(29,30)28-24-22(13-19-18(27-24)7-5-11-26-19)33-14-16-9-10-20(31-2)21(12-16)32-3/h4-13H,14H2,1-3H3,(H,27,28). The van der Waals surface area contributed by atoms with Crippen molar-refractivity contribution in [3.63, 3.8) is 0 Å². The smallest absolute Gasteiger partial charge is 0.263 e. The number of anilines is 1. The van der Waals surface area contributed by atoms with E-state index in [1.807, 2.05) is 6.07 Å². The van der Waals surface area contributed by atoms with Crippen LogP contribution in [0.15, 0.2) is 65.7 Å². The third-order valence-corrected chi connectivity index (χ3v) is 7.02. The number of rotatable bonds is 8. The van der Waals surface area contributed by atoms with Crippen LogP contribution in [-0.2, 0) is 16.6 Å². The summed E-state index contributed by atoms with van der Waals surface area (Å²) < 4.78 is 45.5. The van der Waals surface area contributed by atoms with Gasteiger partial charge in [-0.25, -0.2) is 13.4 Å². The number of sulfonamides is 1. The molecule has 2 heterocycles. The highest BCUT2D eigenvalue weighted by Crippen LogP contribution is 2.32. The van der Waals surface area contributed by atoms with Gasteiger partial charge in [-0.05, 0) is 54.4 Å². The number of methoxy groups -OCH3 is 2. The van der Waals surface area contributed by atoms with Crippen molar-refractivity contribution in [2.24, 2.45) is 0 Å². The van der Waals surface area contributed by atoms with E-state index in [0.29, 0.717) is 33.1 Å². The zero-order valence-corrected chi connectivity index (χ0v) is 20.3. The van der Waals surface area contributed by atoms with E-state index in [1.54, 1.807) is 69.8 Å². The highest BCUT2D eigenvalue weighted by molar-refractivity contribution is 7.92. The average Bonchev–Trinajstić information content (AvgIpc) is 2.83. The Bertz CT molecular complexity index is 1460. The SMILES string of the molecule is COc1ccc(COc2cc3ncccc3nc2NS(=O)(=O)c2cccc(Cl)c2C)cc1OC. The van der Waals surface area contributed by atoms with Crippen LogP contribution >= 0.6 is 11.6 Å². The molecule has 0 spiro atoms. The Morgan fingerprint density at radius 3 is 2.50 bits per heavy atom. The number of ether oxygens (including phenoxy) is 3.